The minimum Gasteiger partial charge on any atom is -0.368 e. The highest BCUT2D eigenvalue weighted by molar-refractivity contribution is 4.87. The minimum absolute atomic E-state index is 0.0143. The first-order chi connectivity index (χ1) is 6.74. The molecule has 0 aromatic rings. The first-order valence-electron chi connectivity index (χ1n) is 5.17. The number of aliphatic hydroxyl groups excluding tert-OH is 1. The highest BCUT2D eigenvalue weighted by Crippen LogP contribution is 2.50. The Balaban J connectivity index is 2.48. The number of halogens is 3. The topological polar surface area (TPSA) is 40.5 Å². The van der Waals surface area contributed by atoms with Gasteiger partial charge in [-0.05, 0) is 31.6 Å². The predicted molar refractivity (Wildman–Crippen MR) is 49.0 cm³/mol. The van der Waals surface area contributed by atoms with Crippen LogP contribution in [-0.2, 0) is 0 Å². The van der Waals surface area contributed by atoms with Gasteiger partial charge in [0.2, 0.25) is 0 Å². The Labute approximate surface area is 87.1 Å². The summed E-state index contributed by atoms with van der Waals surface area (Å²) >= 11 is 0. The number of hydrogen-bond acceptors (Lipinski definition) is 2. The van der Waals surface area contributed by atoms with Crippen molar-refractivity contribution in [3.05, 3.63) is 0 Å². The number of hydrogen-bond donors (Lipinski definition) is 2. The second-order valence-corrected chi connectivity index (χ2v) is 4.72. The molecule has 1 aliphatic carbocycles. The van der Waals surface area contributed by atoms with Crippen molar-refractivity contribution < 1.29 is 23.4 Å². The van der Waals surface area contributed by atoms with Gasteiger partial charge >= 0.3 is 6.18 Å². The van der Waals surface area contributed by atoms with Gasteiger partial charge in [0, 0.05) is 6.42 Å². The maximum absolute atomic E-state index is 12.6. The SMILES string of the molecule is CC1(C(F)(F)F)CCC(CC(O)O)CC1. The summed E-state index contributed by atoms with van der Waals surface area (Å²) in [6, 6.07) is 0. The van der Waals surface area contributed by atoms with Crippen molar-refractivity contribution in [3.63, 3.8) is 0 Å². The van der Waals surface area contributed by atoms with Gasteiger partial charge in [-0.3, -0.25) is 0 Å². The van der Waals surface area contributed by atoms with Gasteiger partial charge in [-0.1, -0.05) is 6.92 Å². The van der Waals surface area contributed by atoms with Gasteiger partial charge in [0.05, 0.1) is 5.41 Å². The molecule has 2 nitrogen and oxygen atoms in total. The van der Waals surface area contributed by atoms with E-state index in [-0.39, 0.29) is 25.2 Å². The first kappa shape index (κ1) is 12.8. The van der Waals surface area contributed by atoms with Gasteiger partial charge in [-0.15, -0.1) is 0 Å². The van der Waals surface area contributed by atoms with E-state index in [1.54, 1.807) is 0 Å². The van der Waals surface area contributed by atoms with E-state index in [9.17, 15) is 13.2 Å². The van der Waals surface area contributed by atoms with Crippen LogP contribution in [0.1, 0.15) is 39.0 Å². The third-order valence-electron chi connectivity index (χ3n) is 3.44. The molecule has 1 rings (SSSR count). The van der Waals surface area contributed by atoms with Crippen LogP contribution in [0.3, 0.4) is 0 Å². The lowest BCUT2D eigenvalue weighted by Gasteiger charge is -2.38. The second-order valence-electron chi connectivity index (χ2n) is 4.72. The Kier molecular flexibility index (Phi) is 3.66. The average Bonchev–Trinajstić information content (AvgIpc) is 2.06. The van der Waals surface area contributed by atoms with E-state index in [1.807, 2.05) is 0 Å². The molecule has 0 radical (unpaired) electrons. The number of aliphatic hydroxyl groups is 2. The molecule has 2 N–H and O–H groups in total. The maximum Gasteiger partial charge on any atom is 0.394 e. The van der Waals surface area contributed by atoms with Crippen molar-refractivity contribution in [3.8, 4) is 0 Å². The highest BCUT2D eigenvalue weighted by atomic mass is 19.4. The molecule has 0 atom stereocenters. The highest BCUT2D eigenvalue weighted by Gasteiger charge is 2.51. The summed E-state index contributed by atoms with van der Waals surface area (Å²) in [4.78, 5) is 0. The molecule has 0 aromatic carbocycles. The minimum atomic E-state index is -4.14. The van der Waals surface area contributed by atoms with Crippen molar-refractivity contribution >= 4 is 0 Å². The lowest BCUT2D eigenvalue weighted by atomic mass is 9.70. The molecule has 5 heteroatoms. The molecule has 0 unspecified atom stereocenters. The molecule has 1 aliphatic rings. The molecule has 0 saturated heterocycles. The van der Waals surface area contributed by atoms with E-state index in [1.165, 1.54) is 6.92 Å². The van der Waals surface area contributed by atoms with Crippen LogP contribution >= 0.6 is 0 Å². The summed E-state index contributed by atoms with van der Waals surface area (Å²) in [5.74, 6) is 0.0143. The van der Waals surface area contributed by atoms with E-state index in [0.717, 1.165) is 0 Å². The fourth-order valence-electron chi connectivity index (χ4n) is 2.13. The maximum atomic E-state index is 12.6. The summed E-state index contributed by atoms with van der Waals surface area (Å²) in [6.45, 7) is 1.25. The van der Waals surface area contributed by atoms with Gasteiger partial charge in [-0.25, -0.2) is 0 Å². The monoisotopic (exact) mass is 226 g/mol. The first-order valence-corrected chi connectivity index (χ1v) is 5.17. The van der Waals surface area contributed by atoms with Crippen LogP contribution < -0.4 is 0 Å². The average molecular weight is 226 g/mol. The fourth-order valence-corrected chi connectivity index (χ4v) is 2.13. The Morgan fingerprint density at radius 3 is 2.07 bits per heavy atom. The van der Waals surface area contributed by atoms with Gasteiger partial charge in [0.25, 0.3) is 0 Å². The van der Waals surface area contributed by atoms with E-state index in [2.05, 4.69) is 0 Å². The molecule has 0 heterocycles. The molecule has 0 aromatic heterocycles. The molecule has 0 aliphatic heterocycles. The normalized spacial score (nSPS) is 33.4. The third kappa shape index (κ3) is 3.08. The third-order valence-corrected chi connectivity index (χ3v) is 3.44. The molecule has 1 saturated carbocycles. The number of alkyl halides is 3. The summed E-state index contributed by atoms with van der Waals surface area (Å²) in [7, 11) is 0. The zero-order valence-electron chi connectivity index (χ0n) is 8.72. The summed E-state index contributed by atoms with van der Waals surface area (Å²) < 4.78 is 37.8. The van der Waals surface area contributed by atoms with Gasteiger partial charge in [0.1, 0.15) is 0 Å². The molecule has 0 spiro atoms. The van der Waals surface area contributed by atoms with Crippen LogP contribution in [0.5, 0.6) is 0 Å². The zero-order chi connectivity index (χ0) is 11.7. The van der Waals surface area contributed by atoms with Gasteiger partial charge in [-0.2, -0.15) is 13.2 Å². The van der Waals surface area contributed by atoms with Crippen LogP contribution in [-0.4, -0.2) is 22.7 Å². The van der Waals surface area contributed by atoms with Crippen LogP contribution in [0.4, 0.5) is 13.2 Å². The van der Waals surface area contributed by atoms with Crippen molar-refractivity contribution in [2.24, 2.45) is 11.3 Å². The Bertz CT molecular complexity index is 205. The molecule has 1 fully saturated rings. The van der Waals surface area contributed by atoms with Crippen molar-refractivity contribution in [2.45, 2.75) is 51.5 Å². The smallest absolute Gasteiger partial charge is 0.368 e. The van der Waals surface area contributed by atoms with E-state index in [0.29, 0.717) is 12.8 Å². The molecular weight excluding hydrogens is 209 g/mol. The van der Waals surface area contributed by atoms with Crippen LogP contribution in [0.2, 0.25) is 0 Å². The second kappa shape index (κ2) is 4.29. The lowest BCUT2D eigenvalue weighted by molar-refractivity contribution is -0.230. The lowest BCUT2D eigenvalue weighted by Crippen LogP contribution is -2.39. The van der Waals surface area contributed by atoms with Crippen LogP contribution in [0.25, 0.3) is 0 Å². The molecule has 90 valence electrons. The summed E-state index contributed by atoms with van der Waals surface area (Å²) in [5.41, 5.74) is -1.58. The molecule has 15 heavy (non-hydrogen) atoms. The van der Waals surface area contributed by atoms with Crippen LogP contribution in [0, 0.1) is 11.3 Å². The quantitative estimate of drug-likeness (QED) is 0.710. The van der Waals surface area contributed by atoms with Gasteiger partial charge < -0.3 is 10.2 Å². The van der Waals surface area contributed by atoms with E-state index >= 15 is 0 Å². The summed E-state index contributed by atoms with van der Waals surface area (Å²) in [5, 5.41) is 17.5. The Morgan fingerprint density at radius 2 is 1.73 bits per heavy atom. The van der Waals surface area contributed by atoms with Crippen molar-refractivity contribution in [1.29, 1.82) is 0 Å². The van der Waals surface area contributed by atoms with Crippen molar-refractivity contribution in [1.82, 2.24) is 0 Å². The predicted octanol–water partition coefficient (Wildman–Crippen LogP) is 2.45. The molecule has 0 amide bonds. The van der Waals surface area contributed by atoms with Crippen molar-refractivity contribution in [2.75, 3.05) is 0 Å². The number of rotatable bonds is 2. The standard InChI is InChI=1S/C10H17F3O2/c1-9(10(11,12)13)4-2-7(3-5-9)6-8(14)15/h7-8,14-15H,2-6H2,1H3. The van der Waals surface area contributed by atoms with Crippen LogP contribution in [0.15, 0.2) is 0 Å². The Hall–Kier alpha value is -0.290. The Morgan fingerprint density at radius 1 is 1.27 bits per heavy atom. The molecular formula is C10H17F3O2. The van der Waals surface area contributed by atoms with E-state index in [4.69, 9.17) is 10.2 Å². The molecule has 0 bridgehead atoms. The fraction of sp³-hybridized carbons (Fsp3) is 1.00. The summed E-state index contributed by atoms with van der Waals surface area (Å²) in [6.07, 6.45) is -4.32. The largest absolute Gasteiger partial charge is 0.394 e. The zero-order valence-corrected chi connectivity index (χ0v) is 8.72. The van der Waals surface area contributed by atoms with Gasteiger partial charge in [0.15, 0.2) is 6.29 Å². The van der Waals surface area contributed by atoms with E-state index < -0.39 is 17.9 Å².